The molecule has 1 aromatic heterocycles. The van der Waals surface area contributed by atoms with E-state index in [1.54, 1.807) is 30.1 Å². The van der Waals surface area contributed by atoms with E-state index in [0.717, 1.165) is 12.8 Å². The number of hydrogen-bond donors (Lipinski definition) is 1. The molecule has 0 aromatic carbocycles. The molecule has 3 rings (SSSR count). The Balaban J connectivity index is 1.93. The number of thioether (sulfide) groups is 1. The molecule has 2 atom stereocenters. The van der Waals surface area contributed by atoms with Crippen molar-refractivity contribution in [3.05, 3.63) is 28.5 Å². The maximum absolute atomic E-state index is 12.7. The second-order valence-corrected chi connectivity index (χ2v) is 6.87. The molecule has 0 radical (unpaired) electrons. The maximum Gasteiger partial charge on any atom is 0.327 e. The molecular weight excluding hydrogens is 344 g/mol. The summed E-state index contributed by atoms with van der Waals surface area (Å²) in [6, 6.07) is 2.61. The fraction of sp³-hybridized carbons (Fsp3) is 0.462. The second kappa shape index (κ2) is 5.37. The number of carbonyl (C=O) groups excluding carboxylic acids is 1. The summed E-state index contributed by atoms with van der Waals surface area (Å²) in [5.74, 6) is -0.294. The van der Waals surface area contributed by atoms with Gasteiger partial charge in [-0.15, -0.1) is 11.8 Å². The van der Waals surface area contributed by atoms with Crippen LogP contribution in [0.3, 0.4) is 0 Å². The van der Waals surface area contributed by atoms with Gasteiger partial charge in [0.25, 0.3) is 5.91 Å². The van der Waals surface area contributed by atoms with Crippen molar-refractivity contribution in [3.8, 4) is 0 Å². The monoisotopic (exact) mass is 356 g/mol. The minimum absolute atomic E-state index is 0.0179. The molecule has 7 heteroatoms. The Bertz CT molecular complexity index is 564. The summed E-state index contributed by atoms with van der Waals surface area (Å²) in [4.78, 5) is 29.7. The minimum Gasteiger partial charge on any atom is -0.480 e. The van der Waals surface area contributed by atoms with Crippen LogP contribution in [-0.4, -0.2) is 44.0 Å². The van der Waals surface area contributed by atoms with Crippen LogP contribution in [0.1, 0.15) is 23.2 Å². The molecule has 2 unspecified atom stereocenters. The van der Waals surface area contributed by atoms with Crippen molar-refractivity contribution < 1.29 is 14.7 Å². The molecule has 2 aliphatic rings. The van der Waals surface area contributed by atoms with E-state index in [-0.39, 0.29) is 11.3 Å². The zero-order valence-electron chi connectivity index (χ0n) is 10.5. The number of carboxylic acid groups (broad SMARTS) is 1. The van der Waals surface area contributed by atoms with Crippen molar-refractivity contribution in [1.82, 2.24) is 9.88 Å². The van der Waals surface area contributed by atoms with Crippen molar-refractivity contribution in [2.24, 2.45) is 5.92 Å². The van der Waals surface area contributed by atoms with Gasteiger partial charge in [-0.3, -0.25) is 4.79 Å². The van der Waals surface area contributed by atoms with Crippen LogP contribution in [0, 0.1) is 5.92 Å². The molecule has 1 saturated heterocycles. The van der Waals surface area contributed by atoms with E-state index in [1.807, 2.05) is 0 Å². The number of carbonyl (C=O) groups is 2. The molecule has 1 saturated carbocycles. The zero-order valence-corrected chi connectivity index (χ0v) is 12.9. The SMILES string of the molecule is O=C(O)C1CSC(C2CC2)N1C(=O)c1cccnc1Br. The van der Waals surface area contributed by atoms with Gasteiger partial charge in [-0.25, -0.2) is 9.78 Å². The van der Waals surface area contributed by atoms with Gasteiger partial charge in [0.2, 0.25) is 0 Å². The lowest BCUT2D eigenvalue weighted by Gasteiger charge is -2.27. The summed E-state index contributed by atoms with van der Waals surface area (Å²) in [6.45, 7) is 0. The quantitative estimate of drug-likeness (QED) is 0.840. The van der Waals surface area contributed by atoms with Crippen molar-refractivity contribution in [2.75, 3.05) is 5.75 Å². The number of rotatable bonds is 3. The normalized spacial score (nSPS) is 25.8. The first kappa shape index (κ1) is 13.9. The van der Waals surface area contributed by atoms with Crippen LogP contribution in [0.25, 0.3) is 0 Å². The first-order valence-electron chi connectivity index (χ1n) is 6.37. The molecule has 1 aromatic rings. The van der Waals surface area contributed by atoms with Gasteiger partial charge in [-0.05, 0) is 46.8 Å². The summed E-state index contributed by atoms with van der Waals surface area (Å²) in [6.07, 6.45) is 3.73. The van der Waals surface area contributed by atoms with E-state index in [9.17, 15) is 14.7 Å². The highest BCUT2D eigenvalue weighted by Gasteiger charge is 2.48. The Labute approximate surface area is 128 Å². The number of halogens is 1. The van der Waals surface area contributed by atoms with E-state index in [4.69, 9.17) is 0 Å². The summed E-state index contributed by atoms with van der Waals surface area (Å²) in [5, 5.41) is 9.32. The van der Waals surface area contributed by atoms with Crippen molar-refractivity contribution in [1.29, 1.82) is 0 Å². The average Bonchev–Trinajstić information content (AvgIpc) is 3.17. The first-order chi connectivity index (χ1) is 9.59. The molecule has 0 bridgehead atoms. The molecule has 1 aliphatic heterocycles. The van der Waals surface area contributed by atoms with Gasteiger partial charge < -0.3 is 10.0 Å². The van der Waals surface area contributed by atoms with Gasteiger partial charge in [0.1, 0.15) is 10.6 Å². The molecule has 5 nitrogen and oxygen atoms in total. The molecule has 1 aliphatic carbocycles. The highest BCUT2D eigenvalue weighted by Crippen LogP contribution is 2.46. The Morgan fingerprint density at radius 2 is 2.20 bits per heavy atom. The molecular formula is C13H13BrN2O3S. The van der Waals surface area contributed by atoms with E-state index in [0.29, 0.717) is 21.8 Å². The number of carboxylic acids is 1. The molecule has 2 heterocycles. The molecule has 0 spiro atoms. The minimum atomic E-state index is -0.936. The molecule has 1 amide bonds. The smallest absolute Gasteiger partial charge is 0.327 e. The highest BCUT2D eigenvalue weighted by molar-refractivity contribution is 9.10. The predicted molar refractivity (Wildman–Crippen MR) is 78.5 cm³/mol. The van der Waals surface area contributed by atoms with Crippen LogP contribution in [0.5, 0.6) is 0 Å². The second-order valence-electron chi connectivity index (χ2n) is 4.97. The number of hydrogen-bond acceptors (Lipinski definition) is 4. The van der Waals surface area contributed by atoms with Crippen LogP contribution in [0.4, 0.5) is 0 Å². The van der Waals surface area contributed by atoms with Crippen LogP contribution in [0.15, 0.2) is 22.9 Å². The number of aromatic nitrogens is 1. The molecule has 2 fully saturated rings. The van der Waals surface area contributed by atoms with Gasteiger partial charge >= 0.3 is 5.97 Å². The van der Waals surface area contributed by atoms with E-state index < -0.39 is 12.0 Å². The largest absolute Gasteiger partial charge is 0.480 e. The van der Waals surface area contributed by atoms with Gasteiger partial charge in [0.15, 0.2) is 0 Å². The van der Waals surface area contributed by atoms with Crippen LogP contribution in [0.2, 0.25) is 0 Å². The van der Waals surface area contributed by atoms with Crippen molar-refractivity contribution in [2.45, 2.75) is 24.3 Å². The Morgan fingerprint density at radius 3 is 2.80 bits per heavy atom. The fourth-order valence-corrected chi connectivity index (χ4v) is 4.45. The summed E-state index contributed by atoms with van der Waals surface area (Å²) in [5.41, 5.74) is 0.423. The molecule has 106 valence electrons. The highest BCUT2D eigenvalue weighted by atomic mass is 79.9. The van der Waals surface area contributed by atoms with Crippen LogP contribution < -0.4 is 0 Å². The van der Waals surface area contributed by atoms with Gasteiger partial charge in [-0.2, -0.15) is 0 Å². The Hall–Kier alpha value is -1.08. The van der Waals surface area contributed by atoms with Gasteiger partial charge in [0, 0.05) is 11.9 Å². The Morgan fingerprint density at radius 1 is 1.45 bits per heavy atom. The standard InChI is InChI=1S/C13H13BrN2O3S/c14-10-8(2-1-5-15-10)11(17)16-9(13(18)19)6-20-12(16)7-3-4-7/h1-2,5,7,9,12H,3-4,6H2,(H,18,19). The summed E-state index contributed by atoms with van der Waals surface area (Å²) in [7, 11) is 0. The molecule has 20 heavy (non-hydrogen) atoms. The van der Waals surface area contributed by atoms with Crippen molar-refractivity contribution >= 4 is 39.6 Å². The topological polar surface area (TPSA) is 70.5 Å². The van der Waals surface area contributed by atoms with Gasteiger partial charge in [-0.1, -0.05) is 0 Å². The number of amides is 1. The lowest BCUT2D eigenvalue weighted by Crippen LogP contribution is -2.46. The fourth-order valence-electron chi connectivity index (χ4n) is 2.40. The summed E-state index contributed by atoms with van der Waals surface area (Å²) < 4.78 is 0.459. The lowest BCUT2D eigenvalue weighted by atomic mass is 10.2. The number of pyridine rings is 1. The van der Waals surface area contributed by atoms with E-state index in [1.165, 1.54) is 4.90 Å². The van der Waals surface area contributed by atoms with Crippen molar-refractivity contribution in [3.63, 3.8) is 0 Å². The third kappa shape index (κ3) is 2.44. The first-order valence-corrected chi connectivity index (χ1v) is 8.21. The third-order valence-corrected chi connectivity index (χ3v) is 5.66. The predicted octanol–water partition coefficient (Wildman–Crippen LogP) is 2.22. The van der Waals surface area contributed by atoms with Gasteiger partial charge in [0.05, 0.1) is 10.9 Å². The zero-order chi connectivity index (χ0) is 14.3. The van der Waals surface area contributed by atoms with E-state index >= 15 is 0 Å². The van der Waals surface area contributed by atoms with Crippen LogP contribution >= 0.6 is 27.7 Å². The average molecular weight is 357 g/mol. The maximum atomic E-state index is 12.7. The Kier molecular flexibility index (Phi) is 3.72. The van der Waals surface area contributed by atoms with E-state index in [2.05, 4.69) is 20.9 Å². The summed E-state index contributed by atoms with van der Waals surface area (Å²) >= 11 is 4.84. The lowest BCUT2D eigenvalue weighted by molar-refractivity contribution is -0.141. The van der Waals surface area contributed by atoms with Crippen LogP contribution in [-0.2, 0) is 4.79 Å². The third-order valence-electron chi connectivity index (χ3n) is 3.57. The number of aliphatic carboxylic acids is 1. The number of nitrogens with zero attached hydrogens (tertiary/aromatic N) is 2. The molecule has 1 N–H and O–H groups in total.